The van der Waals surface area contributed by atoms with Gasteiger partial charge in [0.05, 0.1) is 6.61 Å². The number of alkyl halides is 2. The highest BCUT2D eigenvalue weighted by molar-refractivity contribution is 5.92. The van der Waals surface area contributed by atoms with Gasteiger partial charge in [-0.3, -0.25) is 4.79 Å². The zero-order chi connectivity index (χ0) is 10.4. The second-order valence-electron chi connectivity index (χ2n) is 2.83. The lowest BCUT2D eigenvalue weighted by Gasteiger charge is -2.11. The van der Waals surface area contributed by atoms with E-state index >= 15 is 0 Å². The van der Waals surface area contributed by atoms with E-state index in [1.54, 1.807) is 13.8 Å². The summed E-state index contributed by atoms with van der Waals surface area (Å²) < 4.78 is 23.5. The fourth-order valence-corrected chi connectivity index (χ4v) is 0.738. The fourth-order valence-electron chi connectivity index (χ4n) is 0.738. The van der Waals surface area contributed by atoms with Crippen LogP contribution in [0.5, 0.6) is 0 Å². The third kappa shape index (κ3) is 5.30. The van der Waals surface area contributed by atoms with Gasteiger partial charge >= 0.3 is 0 Å². The summed E-state index contributed by atoms with van der Waals surface area (Å²) in [5.74, 6) is -1.29. The van der Waals surface area contributed by atoms with Crippen molar-refractivity contribution in [2.45, 2.75) is 26.3 Å². The molecule has 0 radical (unpaired) electrons. The normalized spacial score (nSPS) is 12.4. The Morgan fingerprint density at radius 3 is 2.38 bits per heavy atom. The SMILES string of the molecule is CC(C)N/C(=C\C(=O)C(F)F)CO. The lowest BCUT2D eigenvalue weighted by Crippen LogP contribution is -2.25. The first-order chi connectivity index (χ1) is 5.97. The Hall–Kier alpha value is -0.970. The average molecular weight is 193 g/mol. The van der Waals surface area contributed by atoms with Gasteiger partial charge in [0, 0.05) is 17.8 Å². The predicted octanol–water partition coefficient (Wildman–Crippen LogP) is 0.695. The summed E-state index contributed by atoms with van der Waals surface area (Å²) in [7, 11) is 0. The van der Waals surface area contributed by atoms with Gasteiger partial charge in [0.15, 0.2) is 0 Å². The van der Waals surface area contributed by atoms with Gasteiger partial charge in [-0.1, -0.05) is 0 Å². The molecule has 5 heteroatoms. The largest absolute Gasteiger partial charge is 0.390 e. The van der Waals surface area contributed by atoms with Crippen LogP contribution in [-0.4, -0.2) is 30.0 Å². The van der Waals surface area contributed by atoms with Crippen LogP contribution in [0.25, 0.3) is 0 Å². The van der Waals surface area contributed by atoms with Gasteiger partial charge in [-0.2, -0.15) is 0 Å². The van der Waals surface area contributed by atoms with E-state index in [9.17, 15) is 13.6 Å². The average Bonchev–Trinajstić information content (AvgIpc) is 2.02. The molecule has 0 aromatic rings. The van der Waals surface area contributed by atoms with Crippen molar-refractivity contribution in [2.24, 2.45) is 0 Å². The lowest BCUT2D eigenvalue weighted by molar-refractivity contribution is -0.124. The third-order valence-electron chi connectivity index (χ3n) is 1.18. The first-order valence-electron chi connectivity index (χ1n) is 3.87. The van der Waals surface area contributed by atoms with E-state index in [-0.39, 0.29) is 11.7 Å². The highest BCUT2D eigenvalue weighted by atomic mass is 19.3. The van der Waals surface area contributed by atoms with Crippen LogP contribution >= 0.6 is 0 Å². The number of halogens is 2. The summed E-state index contributed by atoms with van der Waals surface area (Å²) in [6.07, 6.45) is -2.29. The number of carbonyl (C=O) groups excluding carboxylic acids is 1. The molecule has 0 heterocycles. The molecule has 0 saturated carbocycles. The maximum Gasteiger partial charge on any atom is 0.299 e. The smallest absolute Gasteiger partial charge is 0.299 e. The van der Waals surface area contributed by atoms with E-state index in [1.807, 2.05) is 0 Å². The van der Waals surface area contributed by atoms with E-state index in [0.717, 1.165) is 6.08 Å². The van der Waals surface area contributed by atoms with E-state index in [4.69, 9.17) is 5.11 Å². The molecule has 0 bridgehead atoms. The zero-order valence-corrected chi connectivity index (χ0v) is 7.55. The number of hydrogen-bond acceptors (Lipinski definition) is 3. The second-order valence-corrected chi connectivity index (χ2v) is 2.83. The minimum Gasteiger partial charge on any atom is -0.390 e. The quantitative estimate of drug-likeness (QED) is 0.632. The Morgan fingerprint density at radius 1 is 1.54 bits per heavy atom. The zero-order valence-electron chi connectivity index (χ0n) is 7.55. The molecule has 0 fully saturated rings. The fraction of sp³-hybridized carbons (Fsp3) is 0.625. The highest BCUT2D eigenvalue weighted by Gasteiger charge is 2.13. The number of hydrogen-bond donors (Lipinski definition) is 2. The van der Waals surface area contributed by atoms with Crippen LogP contribution in [0.3, 0.4) is 0 Å². The maximum absolute atomic E-state index is 11.8. The van der Waals surface area contributed by atoms with Crippen molar-refractivity contribution in [3.05, 3.63) is 11.8 Å². The lowest BCUT2D eigenvalue weighted by atomic mass is 10.3. The van der Waals surface area contributed by atoms with Gasteiger partial charge in [-0.15, -0.1) is 0 Å². The summed E-state index contributed by atoms with van der Waals surface area (Å²) in [6.45, 7) is 3.10. The number of ketones is 1. The third-order valence-corrected chi connectivity index (χ3v) is 1.18. The summed E-state index contributed by atoms with van der Waals surface area (Å²) in [5.41, 5.74) is 0.111. The minimum atomic E-state index is -3.02. The highest BCUT2D eigenvalue weighted by Crippen LogP contribution is 1.99. The molecule has 0 aromatic carbocycles. The Labute approximate surface area is 75.4 Å². The minimum absolute atomic E-state index is 0.0103. The molecule has 0 spiro atoms. The Morgan fingerprint density at radius 2 is 2.08 bits per heavy atom. The number of rotatable bonds is 5. The van der Waals surface area contributed by atoms with E-state index < -0.39 is 18.8 Å². The standard InChI is InChI=1S/C8H13F2NO2/c1-5(2)11-6(4-12)3-7(13)8(9)10/h3,5,8,11-12H,4H2,1-2H3/b6-3-. The van der Waals surface area contributed by atoms with Gasteiger partial charge in [0.2, 0.25) is 5.78 Å². The number of allylic oxidation sites excluding steroid dienone is 1. The molecular weight excluding hydrogens is 180 g/mol. The number of aliphatic hydroxyl groups is 1. The van der Waals surface area contributed by atoms with Gasteiger partial charge in [0.1, 0.15) is 0 Å². The van der Waals surface area contributed by atoms with Crippen molar-refractivity contribution < 1.29 is 18.7 Å². The van der Waals surface area contributed by atoms with Crippen molar-refractivity contribution in [1.82, 2.24) is 5.32 Å². The number of nitrogens with one attached hydrogen (secondary N) is 1. The van der Waals surface area contributed by atoms with Crippen molar-refractivity contribution in [3.63, 3.8) is 0 Å². The molecule has 0 aliphatic rings. The van der Waals surface area contributed by atoms with Crippen molar-refractivity contribution in [2.75, 3.05) is 6.61 Å². The van der Waals surface area contributed by atoms with Crippen LogP contribution in [0.4, 0.5) is 8.78 Å². The molecule has 0 rings (SSSR count). The molecule has 0 amide bonds. The van der Waals surface area contributed by atoms with E-state index in [0.29, 0.717) is 0 Å². The predicted molar refractivity (Wildman–Crippen MR) is 44.5 cm³/mol. The Balaban J connectivity index is 4.29. The van der Waals surface area contributed by atoms with E-state index in [1.165, 1.54) is 0 Å². The Kier molecular flexibility index (Phi) is 5.22. The monoisotopic (exact) mass is 193 g/mol. The molecule has 0 unspecified atom stereocenters. The van der Waals surface area contributed by atoms with Gasteiger partial charge in [-0.25, -0.2) is 8.78 Å². The molecule has 0 aromatic heterocycles. The molecule has 0 atom stereocenters. The van der Waals surface area contributed by atoms with Crippen LogP contribution in [-0.2, 0) is 4.79 Å². The maximum atomic E-state index is 11.8. The van der Waals surface area contributed by atoms with Gasteiger partial charge in [0.25, 0.3) is 6.43 Å². The summed E-state index contributed by atoms with van der Waals surface area (Å²) in [5, 5.41) is 11.3. The number of aliphatic hydroxyl groups excluding tert-OH is 1. The molecule has 0 aliphatic heterocycles. The molecule has 3 nitrogen and oxygen atoms in total. The molecule has 2 N–H and O–H groups in total. The van der Waals surface area contributed by atoms with Crippen molar-refractivity contribution in [1.29, 1.82) is 0 Å². The second kappa shape index (κ2) is 5.64. The van der Waals surface area contributed by atoms with Crippen LogP contribution < -0.4 is 5.32 Å². The molecule has 76 valence electrons. The van der Waals surface area contributed by atoms with Gasteiger partial charge < -0.3 is 10.4 Å². The summed E-state index contributed by atoms with van der Waals surface area (Å²) in [6, 6.07) is -0.0103. The van der Waals surface area contributed by atoms with Gasteiger partial charge in [-0.05, 0) is 13.8 Å². The topological polar surface area (TPSA) is 49.3 Å². The van der Waals surface area contributed by atoms with Crippen molar-refractivity contribution >= 4 is 5.78 Å². The van der Waals surface area contributed by atoms with Crippen molar-refractivity contribution in [3.8, 4) is 0 Å². The molecule has 0 saturated heterocycles. The Bertz CT molecular complexity index is 202. The molecule has 0 aliphatic carbocycles. The van der Waals surface area contributed by atoms with E-state index in [2.05, 4.69) is 5.32 Å². The van der Waals surface area contributed by atoms with Crippen LogP contribution in [0.15, 0.2) is 11.8 Å². The molecule has 13 heavy (non-hydrogen) atoms. The summed E-state index contributed by atoms with van der Waals surface area (Å²) >= 11 is 0. The first-order valence-corrected chi connectivity index (χ1v) is 3.87. The number of carbonyl (C=O) groups is 1. The van der Waals surface area contributed by atoms with Crippen LogP contribution in [0.1, 0.15) is 13.8 Å². The van der Waals surface area contributed by atoms with Crippen LogP contribution in [0, 0.1) is 0 Å². The first kappa shape index (κ1) is 12.0. The summed E-state index contributed by atoms with van der Waals surface area (Å²) in [4.78, 5) is 10.5. The molecular formula is C8H13F2NO2. The van der Waals surface area contributed by atoms with Crippen LogP contribution in [0.2, 0.25) is 0 Å².